The van der Waals surface area contributed by atoms with E-state index in [-0.39, 0.29) is 0 Å². The van der Waals surface area contributed by atoms with Gasteiger partial charge in [-0.05, 0) is 37.5 Å². The summed E-state index contributed by atoms with van der Waals surface area (Å²) in [7, 11) is 0. The third-order valence-corrected chi connectivity index (χ3v) is 3.02. The van der Waals surface area contributed by atoms with Crippen LogP contribution in [0.15, 0.2) is 18.5 Å². The van der Waals surface area contributed by atoms with E-state index in [0.29, 0.717) is 12.4 Å². The van der Waals surface area contributed by atoms with Crippen molar-refractivity contribution in [2.24, 2.45) is 0 Å². The first-order valence-electron chi connectivity index (χ1n) is 6.31. The normalized spacial score (nSPS) is 10.5. The Morgan fingerprint density at radius 1 is 1.16 bits per heavy atom. The highest BCUT2D eigenvalue weighted by Gasteiger charge is 2.10. The molecule has 0 unspecified atom stereocenters. The molecule has 2 N–H and O–H groups in total. The Morgan fingerprint density at radius 2 is 1.95 bits per heavy atom. The van der Waals surface area contributed by atoms with Crippen molar-refractivity contribution < 1.29 is 4.74 Å². The zero-order valence-corrected chi connectivity index (χ0v) is 11.5. The lowest BCUT2D eigenvalue weighted by Gasteiger charge is -2.10. The minimum absolute atomic E-state index is 0.465. The first-order valence-corrected chi connectivity index (χ1v) is 6.31. The molecule has 2 aromatic rings. The van der Waals surface area contributed by atoms with Gasteiger partial charge in [-0.25, -0.2) is 0 Å². The molecular formula is C14H18N4O. The number of anilines is 1. The van der Waals surface area contributed by atoms with Crippen molar-refractivity contribution in [3.63, 3.8) is 0 Å². The van der Waals surface area contributed by atoms with Gasteiger partial charge in [0, 0.05) is 11.8 Å². The van der Waals surface area contributed by atoms with Gasteiger partial charge in [0.1, 0.15) is 11.6 Å². The van der Waals surface area contributed by atoms with Crippen molar-refractivity contribution in [3.8, 4) is 17.0 Å². The van der Waals surface area contributed by atoms with E-state index in [1.807, 2.05) is 19.9 Å². The van der Waals surface area contributed by atoms with Crippen LogP contribution in [0.4, 0.5) is 5.82 Å². The fourth-order valence-electron chi connectivity index (χ4n) is 1.74. The summed E-state index contributed by atoms with van der Waals surface area (Å²) in [5, 5.41) is 8.13. The van der Waals surface area contributed by atoms with E-state index in [1.165, 1.54) is 0 Å². The van der Waals surface area contributed by atoms with Crippen molar-refractivity contribution in [3.05, 3.63) is 29.6 Å². The molecule has 0 fully saturated rings. The van der Waals surface area contributed by atoms with Gasteiger partial charge in [0.05, 0.1) is 18.5 Å². The van der Waals surface area contributed by atoms with Crippen LogP contribution in [0.25, 0.3) is 11.3 Å². The third-order valence-electron chi connectivity index (χ3n) is 3.02. The topological polar surface area (TPSA) is 73.9 Å². The van der Waals surface area contributed by atoms with Crippen molar-refractivity contribution in [1.29, 1.82) is 0 Å². The van der Waals surface area contributed by atoms with Crippen LogP contribution in [0.1, 0.15) is 24.5 Å². The second kappa shape index (κ2) is 5.65. The maximum Gasteiger partial charge on any atom is 0.149 e. The van der Waals surface area contributed by atoms with E-state index in [0.717, 1.165) is 34.6 Å². The van der Waals surface area contributed by atoms with Crippen LogP contribution < -0.4 is 10.5 Å². The van der Waals surface area contributed by atoms with Crippen LogP contribution in [-0.2, 0) is 0 Å². The van der Waals surface area contributed by atoms with Crippen molar-refractivity contribution >= 4 is 5.82 Å². The predicted octanol–water partition coefficient (Wildman–Crippen LogP) is 2.53. The fraction of sp³-hybridized carbons (Fsp3) is 0.357. The Bertz CT molecular complexity index is 584. The molecule has 2 rings (SSSR count). The highest BCUT2D eigenvalue weighted by atomic mass is 16.5. The Labute approximate surface area is 112 Å². The molecule has 0 saturated carbocycles. The number of rotatable bonds is 4. The van der Waals surface area contributed by atoms with Gasteiger partial charge in [-0.1, -0.05) is 6.92 Å². The lowest BCUT2D eigenvalue weighted by atomic mass is 10.1. The molecule has 19 heavy (non-hydrogen) atoms. The van der Waals surface area contributed by atoms with Gasteiger partial charge in [0.15, 0.2) is 0 Å². The van der Waals surface area contributed by atoms with Gasteiger partial charge in [-0.15, -0.1) is 10.2 Å². The Hall–Kier alpha value is -2.17. The third kappa shape index (κ3) is 2.81. The van der Waals surface area contributed by atoms with E-state index in [1.54, 1.807) is 12.4 Å². The fourth-order valence-corrected chi connectivity index (χ4v) is 1.74. The van der Waals surface area contributed by atoms with Crippen LogP contribution in [0, 0.1) is 13.8 Å². The second-order valence-corrected chi connectivity index (χ2v) is 4.44. The number of nitrogens with zero attached hydrogens (tertiary/aromatic N) is 3. The average molecular weight is 258 g/mol. The molecular weight excluding hydrogens is 240 g/mol. The second-order valence-electron chi connectivity index (χ2n) is 4.44. The van der Waals surface area contributed by atoms with Crippen molar-refractivity contribution in [1.82, 2.24) is 15.2 Å². The number of aromatic nitrogens is 3. The summed E-state index contributed by atoms with van der Waals surface area (Å²) in [6, 6.07) is 1.93. The molecule has 0 bridgehead atoms. The maximum absolute atomic E-state index is 5.75. The zero-order valence-electron chi connectivity index (χ0n) is 11.5. The SMILES string of the molecule is CCCOc1cncc(-c2nnc(N)c(C)c2C)c1. The Morgan fingerprint density at radius 3 is 2.68 bits per heavy atom. The van der Waals surface area contributed by atoms with E-state index in [2.05, 4.69) is 22.1 Å². The first kappa shape index (κ1) is 13.3. The molecule has 5 heteroatoms. The van der Waals surface area contributed by atoms with Gasteiger partial charge < -0.3 is 10.5 Å². The number of hydrogen-bond donors (Lipinski definition) is 1. The minimum atomic E-state index is 0.465. The molecule has 0 aliphatic carbocycles. The highest BCUT2D eigenvalue weighted by Crippen LogP contribution is 2.26. The summed E-state index contributed by atoms with van der Waals surface area (Å²) in [4.78, 5) is 4.18. The largest absolute Gasteiger partial charge is 0.492 e. The number of ether oxygens (including phenoxy) is 1. The van der Waals surface area contributed by atoms with Gasteiger partial charge >= 0.3 is 0 Å². The van der Waals surface area contributed by atoms with Crippen LogP contribution in [0.5, 0.6) is 5.75 Å². The van der Waals surface area contributed by atoms with Crippen LogP contribution in [-0.4, -0.2) is 21.8 Å². The predicted molar refractivity (Wildman–Crippen MR) is 74.9 cm³/mol. The molecule has 2 heterocycles. The number of nitrogens with two attached hydrogens (primary N) is 1. The molecule has 100 valence electrons. The van der Waals surface area contributed by atoms with Crippen molar-refractivity contribution in [2.75, 3.05) is 12.3 Å². The standard InChI is InChI=1S/C14H18N4O/c1-4-5-19-12-6-11(7-16-8-12)13-9(2)10(3)14(15)18-17-13/h6-8H,4-5H2,1-3H3,(H2,15,18). The quantitative estimate of drug-likeness (QED) is 0.912. The number of hydrogen-bond acceptors (Lipinski definition) is 5. The van der Waals surface area contributed by atoms with Gasteiger partial charge in [-0.3, -0.25) is 4.98 Å². The summed E-state index contributed by atoms with van der Waals surface area (Å²) < 4.78 is 5.58. The van der Waals surface area contributed by atoms with Crippen LogP contribution >= 0.6 is 0 Å². The summed E-state index contributed by atoms with van der Waals surface area (Å²) in [6.45, 7) is 6.66. The first-order chi connectivity index (χ1) is 9.13. The van der Waals surface area contributed by atoms with Gasteiger partial charge in [0.25, 0.3) is 0 Å². The molecule has 0 atom stereocenters. The maximum atomic E-state index is 5.75. The molecule has 0 amide bonds. The molecule has 0 saturated heterocycles. The lowest BCUT2D eigenvalue weighted by Crippen LogP contribution is -2.02. The van der Waals surface area contributed by atoms with Crippen LogP contribution in [0.3, 0.4) is 0 Å². The van der Waals surface area contributed by atoms with E-state index >= 15 is 0 Å². The molecule has 0 aliphatic heterocycles. The summed E-state index contributed by atoms with van der Waals surface area (Å²) in [6.07, 6.45) is 4.42. The Balaban J connectivity index is 2.39. The summed E-state index contributed by atoms with van der Waals surface area (Å²) in [5.74, 6) is 1.21. The number of pyridine rings is 1. The lowest BCUT2D eigenvalue weighted by molar-refractivity contribution is 0.316. The molecule has 0 spiro atoms. The number of nitrogen functional groups attached to an aromatic ring is 1. The van der Waals surface area contributed by atoms with E-state index < -0.39 is 0 Å². The average Bonchev–Trinajstić information content (AvgIpc) is 2.43. The molecule has 2 aromatic heterocycles. The summed E-state index contributed by atoms with van der Waals surface area (Å²) >= 11 is 0. The van der Waals surface area contributed by atoms with E-state index in [4.69, 9.17) is 10.5 Å². The van der Waals surface area contributed by atoms with Crippen LogP contribution in [0.2, 0.25) is 0 Å². The highest BCUT2D eigenvalue weighted by molar-refractivity contribution is 5.66. The minimum Gasteiger partial charge on any atom is -0.492 e. The molecule has 0 aromatic carbocycles. The molecule has 0 radical (unpaired) electrons. The smallest absolute Gasteiger partial charge is 0.149 e. The summed E-state index contributed by atoms with van der Waals surface area (Å²) in [5.41, 5.74) is 9.40. The van der Waals surface area contributed by atoms with Gasteiger partial charge in [-0.2, -0.15) is 0 Å². The molecule has 5 nitrogen and oxygen atoms in total. The van der Waals surface area contributed by atoms with Gasteiger partial charge in [0.2, 0.25) is 0 Å². The Kier molecular flexibility index (Phi) is 3.94. The van der Waals surface area contributed by atoms with E-state index in [9.17, 15) is 0 Å². The zero-order chi connectivity index (χ0) is 13.8. The monoisotopic (exact) mass is 258 g/mol. The molecule has 0 aliphatic rings. The van der Waals surface area contributed by atoms with Crippen molar-refractivity contribution in [2.45, 2.75) is 27.2 Å².